The van der Waals surface area contributed by atoms with Crippen LogP contribution in [0.5, 0.6) is 0 Å². The predicted molar refractivity (Wildman–Crippen MR) is 104 cm³/mol. The molecule has 132 valence electrons. The van der Waals surface area contributed by atoms with E-state index in [2.05, 4.69) is 10.3 Å². The minimum atomic E-state index is -3.17. The summed E-state index contributed by atoms with van der Waals surface area (Å²) in [5.41, 5.74) is 2.51. The van der Waals surface area contributed by atoms with Gasteiger partial charge in [-0.1, -0.05) is 18.2 Å². The third-order valence-electron chi connectivity index (χ3n) is 3.87. The number of para-hydroxylation sites is 2. The van der Waals surface area contributed by atoms with Crippen LogP contribution in [0.15, 0.2) is 42.6 Å². The lowest BCUT2D eigenvalue weighted by Gasteiger charge is -2.43. The zero-order valence-corrected chi connectivity index (χ0v) is 15.3. The quantitative estimate of drug-likeness (QED) is 0.692. The van der Waals surface area contributed by atoms with Crippen molar-refractivity contribution >= 4 is 40.6 Å². The first-order chi connectivity index (χ1) is 11.1. The number of anilines is 3. The second kappa shape index (κ2) is 7.58. The lowest BCUT2D eigenvalue weighted by atomic mass is 10.2. The third-order valence-corrected chi connectivity index (χ3v) is 5.70. The van der Waals surface area contributed by atoms with E-state index in [1.807, 2.05) is 50.4 Å². The molecule has 0 bridgehead atoms. The maximum Gasteiger partial charge on any atom is 0.156 e. The third kappa shape index (κ3) is 3.18. The molecule has 0 atom stereocenters. The first-order valence-corrected chi connectivity index (χ1v) is 9.05. The molecule has 2 aromatic rings. The Morgan fingerprint density at radius 2 is 1.83 bits per heavy atom. The van der Waals surface area contributed by atoms with E-state index >= 15 is 0 Å². The average Bonchev–Trinajstić information content (AvgIpc) is 2.76. The Balaban J connectivity index is 0.00000208. The fourth-order valence-corrected chi connectivity index (χ4v) is 4.60. The van der Waals surface area contributed by atoms with Gasteiger partial charge in [0, 0.05) is 12.7 Å². The Labute approximate surface area is 150 Å². The molecule has 6 nitrogen and oxygen atoms in total. The number of rotatable bonds is 5. The van der Waals surface area contributed by atoms with E-state index in [-0.39, 0.29) is 12.4 Å². The first-order valence-electron chi connectivity index (χ1n) is 7.59. The van der Waals surface area contributed by atoms with Crippen molar-refractivity contribution in [1.29, 1.82) is 0 Å². The fraction of sp³-hybridized carbons (Fsp3) is 0.312. The van der Waals surface area contributed by atoms with Gasteiger partial charge in [0.15, 0.2) is 5.82 Å². The van der Waals surface area contributed by atoms with E-state index < -0.39 is 11.0 Å². The second-order valence-corrected chi connectivity index (χ2v) is 7.26. The van der Waals surface area contributed by atoms with E-state index in [0.717, 1.165) is 29.9 Å². The van der Waals surface area contributed by atoms with Crippen molar-refractivity contribution in [3.63, 3.8) is 0 Å². The van der Waals surface area contributed by atoms with E-state index in [0.29, 0.717) is 12.4 Å². The van der Waals surface area contributed by atoms with Crippen molar-refractivity contribution in [2.75, 3.05) is 28.7 Å². The summed E-state index contributed by atoms with van der Waals surface area (Å²) < 4.78 is 25.1. The Morgan fingerprint density at radius 1 is 1.12 bits per heavy atom. The number of nitrogens with zero attached hydrogens (tertiary/aromatic N) is 3. The zero-order chi connectivity index (χ0) is 16.4. The van der Waals surface area contributed by atoms with Crippen LogP contribution in [0, 0.1) is 6.92 Å². The fourth-order valence-electron chi connectivity index (χ4n) is 2.77. The number of pyridine rings is 1. The molecule has 0 unspecified atom stereocenters. The van der Waals surface area contributed by atoms with Crippen molar-refractivity contribution in [2.45, 2.75) is 13.3 Å². The van der Waals surface area contributed by atoms with Crippen LogP contribution in [0.1, 0.15) is 12.0 Å². The number of fused-ring (bicyclic) bond motifs is 1. The molecule has 2 heterocycles. The van der Waals surface area contributed by atoms with Crippen LogP contribution in [-0.2, 0) is 0 Å². The van der Waals surface area contributed by atoms with Crippen LogP contribution in [-0.4, -0.2) is 34.2 Å². The van der Waals surface area contributed by atoms with Gasteiger partial charge in [0.25, 0.3) is 0 Å². The highest BCUT2D eigenvalue weighted by atomic mass is 35.5. The van der Waals surface area contributed by atoms with Gasteiger partial charge in [-0.25, -0.2) is 9.29 Å². The first kappa shape index (κ1) is 18.8. The molecule has 1 aromatic heterocycles. The van der Waals surface area contributed by atoms with Gasteiger partial charge in [-0.05, 0) is 61.7 Å². The minimum Gasteiger partial charge on any atom is -0.320 e. The molecule has 1 aliphatic rings. The molecule has 3 rings (SSSR count). The molecule has 3 N–H and O–H groups in total. The van der Waals surface area contributed by atoms with Crippen molar-refractivity contribution in [2.24, 2.45) is 0 Å². The number of nitrogens with one attached hydrogen (secondary N) is 1. The molecule has 0 radical (unpaired) electrons. The van der Waals surface area contributed by atoms with Crippen molar-refractivity contribution in [1.82, 2.24) is 10.3 Å². The molecule has 0 aliphatic carbocycles. The van der Waals surface area contributed by atoms with E-state index in [1.54, 1.807) is 14.8 Å². The Hall–Kier alpha value is -1.51. The van der Waals surface area contributed by atoms with E-state index in [4.69, 9.17) is 0 Å². The standard InChI is InChI=1S/C16H22N4O2S.ClH/c1-13-7-5-11-18-16(13)20-15-9-4-3-8-14(15)19(23(20,21)22)12-6-10-17-2;/h3-5,7-9,11,17,21-22H,6,10,12H2,1-2H3;1H. The number of hydrogen-bond donors (Lipinski definition) is 3. The molecule has 24 heavy (non-hydrogen) atoms. The number of benzene rings is 1. The summed E-state index contributed by atoms with van der Waals surface area (Å²) in [5, 5.41) is 3.09. The summed E-state index contributed by atoms with van der Waals surface area (Å²) >= 11 is 0. The molecule has 0 amide bonds. The van der Waals surface area contributed by atoms with Crippen LogP contribution in [0.2, 0.25) is 0 Å². The van der Waals surface area contributed by atoms with Gasteiger partial charge >= 0.3 is 0 Å². The second-order valence-electron chi connectivity index (χ2n) is 5.48. The number of aryl methyl sites for hydroxylation is 1. The van der Waals surface area contributed by atoms with Gasteiger partial charge < -0.3 is 5.32 Å². The smallest absolute Gasteiger partial charge is 0.156 e. The van der Waals surface area contributed by atoms with Gasteiger partial charge in [0.05, 0.1) is 11.4 Å². The lowest BCUT2D eigenvalue weighted by molar-refractivity contribution is 0.483. The highest BCUT2D eigenvalue weighted by Gasteiger charge is 2.42. The van der Waals surface area contributed by atoms with Crippen LogP contribution in [0.3, 0.4) is 0 Å². The molecule has 0 fully saturated rings. The van der Waals surface area contributed by atoms with Gasteiger partial charge in [0.1, 0.15) is 0 Å². The summed E-state index contributed by atoms with van der Waals surface area (Å²) in [7, 11) is -1.28. The van der Waals surface area contributed by atoms with E-state index in [9.17, 15) is 9.11 Å². The summed E-state index contributed by atoms with van der Waals surface area (Å²) in [6.07, 6.45) is 2.49. The predicted octanol–water partition coefficient (Wildman–Crippen LogP) is 3.96. The summed E-state index contributed by atoms with van der Waals surface area (Å²) in [6, 6.07) is 11.4. The van der Waals surface area contributed by atoms with Crippen molar-refractivity contribution < 1.29 is 9.11 Å². The molecule has 0 saturated heterocycles. The van der Waals surface area contributed by atoms with Crippen LogP contribution in [0.25, 0.3) is 0 Å². The maximum absolute atomic E-state index is 10.9. The number of hydrogen-bond acceptors (Lipinski definition) is 6. The Morgan fingerprint density at radius 3 is 2.50 bits per heavy atom. The minimum absolute atomic E-state index is 0. The molecule has 0 saturated carbocycles. The van der Waals surface area contributed by atoms with Crippen molar-refractivity contribution in [3.8, 4) is 0 Å². The molecule has 8 heteroatoms. The van der Waals surface area contributed by atoms with Crippen LogP contribution < -0.4 is 13.9 Å². The Kier molecular flexibility index (Phi) is 5.95. The zero-order valence-electron chi connectivity index (χ0n) is 13.7. The average molecular weight is 371 g/mol. The molecular formula is C16H23ClN4O2S. The van der Waals surface area contributed by atoms with Gasteiger partial charge in [-0.15, -0.1) is 12.4 Å². The number of halogens is 1. The van der Waals surface area contributed by atoms with Gasteiger partial charge in [-0.3, -0.25) is 13.4 Å². The largest absolute Gasteiger partial charge is 0.320 e. The highest BCUT2D eigenvalue weighted by molar-refractivity contribution is 8.27. The number of aromatic nitrogens is 1. The van der Waals surface area contributed by atoms with Gasteiger partial charge in [0.2, 0.25) is 0 Å². The van der Waals surface area contributed by atoms with Gasteiger partial charge in [-0.2, -0.15) is 0 Å². The molecular weight excluding hydrogens is 348 g/mol. The lowest BCUT2D eigenvalue weighted by Crippen LogP contribution is -2.33. The summed E-state index contributed by atoms with van der Waals surface area (Å²) in [4.78, 5) is 4.37. The van der Waals surface area contributed by atoms with E-state index in [1.165, 1.54) is 0 Å². The van der Waals surface area contributed by atoms with Crippen LogP contribution in [0.4, 0.5) is 17.2 Å². The van der Waals surface area contributed by atoms with Crippen LogP contribution >= 0.6 is 23.4 Å². The summed E-state index contributed by atoms with van der Waals surface area (Å²) in [6.45, 7) is 3.30. The SMILES string of the molecule is CNCCCN1c2ccccc2N(c2ncccc2C)S1(O)O.Cl. The highest BCUT2D eigenvalue weighted by Crippen LogP contribution is 2.63. The topological polar surface area (TPSA) is 71.9 Å². The molecule has 1 aromatic carbocycles. The Bertz CT molecular complexity index is 701. The van der Waals surface area contributed by atoms with Crippen molar-refractivity contribution in [3.05, 3.63) is 48.2 Å². The maximum atomic E-state index is 10.9. The molecule has 1 aliphatic heterocycles. The normalized spacial score (nSPS) is 16.5. The summed E-state index contributed by atoms with van der Waals surface area (Å²) in [5.74, 6) is 0.580. The monoisotopic (exact) mass is 370 g/mol. The molecule has 0 spiro atoms.